The molecule has 4 aromatic rings. The Morgan fingerprint density at radius 2 is 1.46 bits per heavy atom. The fourth-order valence-electron chi connectivity index (χ4n) is 3.50. The average molecular weight is 556 g/mol. The number of hydrogen-bond donors (Lipinski definition) is 3. The Balaban J connectivity index is 1.40. The number of halogens is 1. The van der Waals surface area contributed by atoms with Crippen LogP contribution in [0.5, 0.6) is 0 Å². The van der Waals surface area contributed by atoms with E-state index in [-0.39, 0.29) is 23.3 Å². The lowest BCUT2D eigenvalue weighted by atomic mass is 10.1. The van der Waals surface area contributed by atoms with E-state index in [4.69, 9.17) is 11.6 Å². The van der Waals surface area contributed by atoms with Crippen molar-refractivity contribution in [2.45, 2.75) is 11.8 Å². The number of hydrogen-bond acceptors (Lipinski definition) is 4. The van der Waals surface area contributed by atoms with Crippen LogP contribution in [0, 0.1) is 6.92 Å². The number of nitrogens with one attached hydrogen (secondary N) is 3. The summed E-state index contributed by atoms with van der Waals surface area (Å²) in [4.78, 5) is 39.1. The summed E-state index contributed by atoms with van der Waals surface area (Å²) in [5, 5.41) is 8.84. The molecule has 0 spiro atoms. The first-order chi connectivity index (χ1) is 18.9. The first-order valence-corrected chi connectivity index (χ1v) is 13.5. The van der Waals surface area contributed by atoms with Gasteiger partial charge >= 0.3 is 0 Å². The van der Waals surface area contributed by atoms with E-state index in [1.807, 2.05) is 49.4 Å². The molecule has 6 nitrogen and oxygen atoms in total. The molecule has 0 atom stereocenters. The first kappa shape index (κ1) is 27.7. The molecule has 3 amide bonds. The number of thioether (sulfide) groups is 1. The van der Waals surface area contributed by atoms with Crippen LogP contribution in [0.15, 0.2) is 114 Å². The zero-order valence-electron chi connectivity index (χ0n) is 21.1. The zero-order chi connectivity index (χ0) is 27.6. The van der Waals surface area contributed by atoms with Gasteiger partial charge in [-0.05, 0) is 67.1 Å². The lowest BCUT2D eigenvalue weighted by Crippen LogP contribution is -2.30. The van der Waals surface area contributed by atoms with Gasteiger partial charge in [0, 0.05) is 16.1 Å². The molecule has 8 heteroatoms. The van der Waals surface area contributed by atoms with Gasteiger partial charge in [0.1, 0.15) is 5.70 Å². The van der Waals surface area contributed by atoms with Crippen molar-refractivity contribution in [3.8, 4) is 0 Å². The third kappa shape index (κ3) is 8.33. The summed E-state index contributed by atoms with van der Waals surface area (Å²) in [6.07, 6.45) is 1.64. The molecule has 0 aromatic heterocycles. The van der Waals surface area contributed by atoms with E-state index in [1.54, 1.807) is 66.7 Å². The molecule has 0 radical (unpaired) electrons. The predicted molar refractivity (Wildman–Crippen MR) is 159 cm³/mol. The van der Waals surface area contributed by atoms with Gasteiger partial charge in [0.2, 0.25) is 5.91 Å². The lowest BCUT2D eigenvalue weighted by Gasteiger charge is -2.12. The number of carbonyl (C=O) groups excluding carboxylic acids is 3. The largest absolute Gasteiger partial charge is 0.324 e. The molecule has 0 bridgehead atoms. The number of rotatable bonds is 9. The molecular weight excluding hydrogens is 530 g/mol. The third-order valence-corrected chi connectivity index (χ3v) is 6.89. The summed E-state index contributed by atoms with van der Waals surface area (Å²) in [6.45, 7) is 1.98. The van der Waals surface area contributed by atoms with Gasteiger partial charge in [-0.1, -0.05) is 71.8 Å². The molecule has 0 saturated heterocycles. The molecule has 4 aromatic carbocycles. The molecule has 0 fully saturated rings. The Hall–Kier alpha value is -4.33. The van der Waals surface area contributed by atoms with Crippen LogP contribution in [0.4, 0.5) is 11.4 Å². The molecule has 196 valence electrons. The third-order valence-electron chi connectivity index (χ3n) is 5.55. The Morgan fingerprint density at radius 3 is 2.15 bits per heavy atom. The van der Waals surface area contributed by atoms with Gasteiger partial charge in [0.25, 0.3) is 11.8 Å². The molecule has 0 unspecified atom stereocenters. The molecule has 0 saturated carbocycles. The quantitative estimate of drug-likeness (QED) is 0.157. The van der Waals surface area contributed by atoms with Crippen LogP contribution in [0.2, 0.25) is 5.02 Å². The van der Waals surface area contributed by atoms with Gasteiger partial charge in [0.15, 0.2) is 0 Å². The van der Waals surface area contributed by atoms with Crippen LogP contribution < -0.4 is 16.0 Å². The highest BCUT2D eigenvalue weighted by molar-refractivity contribution is 8.00. The minimum atomic E-state index is -0.459. The highest BCUT2D eigenvalue weighted by atomic mass is 35.5. The smallest absolute Gasteiger partial charge is 0.272 e. The maximum atomic E-state index is 13.2. The predicted octanol–water partition coefficient (Wildman–Crippen LogP) is 6.79. The highest BCUT2D eigenvalue weighted by Gasteiger charge is 2.15. The van der Waals surface area contributed by atoms with E-state index in [0.717, 1.165) is 16.0 Å². The summed E-state index contributed by atoms with van der Waals surface area (Å²) < 4.78 is 0. The molecule has 3 N–H and O–H groups in total. The lowest BCUT2D eigenvalue weighted by molar-refractivity contribution is -0.114. The fourth-order valence-corrected chi connectivity index (χ4v) is 4.38. The number of para-hydroxylation sites is 1. The average Bonchev–Trinajstić information content (AvgIpc) is 2.95. The van der Waals surface area contributed by atoms with E-state index >= 15 is 0 Å². The topological polar surface area (TPSA) is 87.3 Å². The summed E-state index contributed by atoms with van der Waals surface area (Å²) in [7, 11) is 0. The monoisotopic (exact) mass is 555 g/mol. The number of amides is 3. The number of carbonyl (C=O) groups is 3. The number of aryl methyl sites for hydroxylation is 1. The van der Waals surface area contributed by atoms with Crippen molar-refractivity contribution < 1.29 is 14.4 Å². The molecule has 4 rings (SSSR count). The van der Waals surface area contributed by atoms with Crippen molar-refractivity contribution >= 4 is 58.5 Å². The van der Waals surface area contributed by atoms with E-state index in [9.17, 15) is 14.4 Å². The molecule has 0 aliphatic carbocycles. The van der Waals surface area contributed by atoms with E-state index in [1.165, 1.54) is 11.8 Å². The standard InChI is InChI=1S/C31H26ClN3O3S/c1-21-11-13-22(14-12-21)19-28(35-30(37)23-7-3-2-4-8-23)31(38)33-24-15-17-25(18-16-24)39-20-29(36)34-27-10-6-5-9-26(27)32/h2-19H,20H2,1H3,(H,33,38)(H,34,36)(H,35,37)/b28-19-. The number of anilines is 2. The van der Waals surface area contributed by atoms with E-state index < -0.39 is 5.91 Å². The normalized spacial score (nSPS) is 11.0. The maximum absolute atomic E-state index is 13.2. The van der Waals surface area contributed by atoms with Crippen LogP contribution in [-0.4, -0.2) is 23.5 Å². The second-order valence-electron chi connectivity index (χ2n) is 8.58. The summed E-state index contributed by atoms with van der Waals surface area (Å²) in [5.41, 5.74) is 3.54. The van der Waals surface area contributed by atoms with Crippen LogP contribution in [-0.2, 0) is 9.59 Å². The summed E-state index contributed by atoms with van der Waals surface area (Å²) in [5.74, 6) is -0.817. The Labute approximate surface area is 236 Å². The molecule has 0 aliphatic rings. The maximum Gasteiger partial charge on any atom is 0.272 e. The number of benzene rings is 4. The van der Waals surface area contributed by atoms with Gasteiger partial charge in [-0.2, -0.15) is 0 Å². The molecule has 0 aliphatic heterocycles. The van der Waals surface area contributed by atoms with Crippen molar-refractivity contribution in [2.24, 2.45) is 0 Å². The Bertz CT molecular complexity index is 1490. The fraction of sp³-hybridized carbons (Fsp3) is 0.0645. The van der Waals surface area contributed by atoms with Crippen LogP contribution in [0.25, 0.3) is 6.08 Å². The summed E-state index contributed by atoms with van der Waals surface area (Å²) in [6, 6.07) is 30.5. The Kier molecular flexibility index (Phi) is 9.56. The second kappa shape index (κ2) is 13.5. The van der Waals surface area contributed by atoms with Gasteiger partial charge in [-0.15, -0.1) is 11.8 Å². The molecule has 39 heavy (non-hydrogen) atoms. The molecule has 0 heterocycles. The van der Waals surface area contributed by atoms with Crippen LogP contribution in [0.3, 0.4) is 0 Å². The van der Waals surface area contributed by atoms with Crippen molar-refractivity contribution in [1.29, 1.82) is 0 Å². The van der Waals surface area contributed by atoms with Crippen molar-refractivity contribution in [1.82, 2.24) is 5.32 Å². The first-order valence-electron chi connectivity index (χ1n) is 12.1. The van der Waals surface area contributed by atoms with Gasteiger partial charge in [0.05, 0.1) is 16.5 Å². The minimum Gasteiger partial charge on any atom is -0.324 e. The van der Waals surface area contributed by atoms with Crippen LogP contribution in [0.1, 0.15) is 21.5 Å². The Morgan fingerprint density at radius 1 is 0.795 bits per heavy atom. The zero-order valence-corrected chi connectivity index (χ0v) is 22.7. The van der Waals surface area contributed by atoms with Crippen LogP contribution >= 0.6 is 23.4 Å². The van der Waals surface area contributed by atoms with Gasteiger partial charge < -0.3 is 16.0 Å². The van der Waals surface area contributed by atoms with Crippen molar-refractivity contribution in [3.05, 3.63) is 131 Å². The van der Waals surface area contributed by atoms with Crippen molar-refractivity contribution in [3.63, 3.8) is 0 Å². The van der Waals surface area contributed by atoms with E-state index in [2.05, 4.69) is 16.0 Å². The van der Waals surface area contributed by atoms with Gasteiger partial charge in [-0.25, -0.2) is 0 Å². The highest BCUT2D eigenvalue weighted by Crippen LogP contribution is 2.23. The van der Waals surface area contributed by atoms with Crippen molar-refractivity contribution in [2.75, 3.05) is 16.4 Å². The summed E-state index contributed by atoms with van der Waals surface area (Å²) >= 11 is 7.45. The minimum absolute atomic E-state index is 0.113. The SMILES string of the molecule is Cc1ccc(/C=C(\NC(=O)c2ccccc2)C(=O)Nc2ccc(SCC(=O)Nc3ccccc3Cl)cc2)cc1. The second-order valence-corrected chi connectivity index (χ2v) is 10.0. The molecular formula is C31H26ClN3O3S. The van der Waals surface area contributed by atoms with E-state index in [0.29, 0.717) is 22.0 Å². The van der Waals surface area contributed by atoms with Gasteiger partial charge in [-0.3, -0.25) is 14.4 Å².